The van der Waals surface area contributed by atoms with Crippen molar-refractivity contribution in [3.05, 3.63) is 30.3 Å². The first-order valence-electron chi connectivity index (χ1n) is 10.7. The van der Waals surface area contributed by atoms with Gasteiger partial charge in [0.15, 0.2) is 0 Å². The van der Waals surface area contributed by atoms with Crippen molar-refractivity contribution < 1.29 is 19.1 Å². The number of benzene rings is 1. The number of nitrogens with zero attached hydrogens (tertiary/aromatic N) is 3. The molecule has 2 atom stereocenters. The molecule has 0 aromatic heterocycles. The Kier molecular flexibility index (Phi) is 8.03. The molecule has 2 saturated heterocycles. The summed E-state index contributed by atoms with van der Waals surface area (Å²) in [4.78, 5) is 31.7. The fourth-order valence-electron chi connectivity index (χ4n) is 4.07. The maximum Gasteiger partial charge on any atom is 0.251 e. The number of carbonyl (C=O) groups excluding carboxylic acids is 2. The van der Waals surface area contributed by atoms with Crippen LogP contribution < -0.4 is 4.90 Å². The molecule has 7 heteroatoms. The van der Waals surface area contributed by atoms with E-state index in [1.807, 2.05) is 47.1 Å². The topological polar surface area (TPSA) is 62.3 Å². The fraction of sp³-hybridized carbons (Fsp3) is 0.636. The first kappa shape index (κ1) is 21.7. The van der Waals surface area contributed by atoms with Gasteiger partial charge >= 0.3 is 0 Å². The van der Waals surface area contributed by atoms with E-state index in [0.717, 1.165) is 38.2 Å². The second-order valence-corrected chi connectivity index (χ2v) is 7.55. The quantitative estimate of drug-likeness (QED) is 0.619. The van der Waals surface area contributed by atoms with E-state index in [4.69, 9.17) is 9.47 Å². The van der Waals surface area contributed by atoms with Crippen LogP contribution in [0.5, 0.6) is 0 Å². The lowest BCUT2D eigenvalue weighted by Gasteiger charge is -2.42. The predicted molar refractivity (Wildman–Crippen MR) is 112 cm³/mol. The molecule has 0 aliphatic carbocycles. The van der Waals surface area contributed by atoms with Crippen LogP contribution in [0.15, 0.2) is 30.3 Å². The van der Waals surface area contributed by atoms with Crippen molar-refractivity contribution in [1.29, 1.82) is 0 Å². The van der Waals surface area contributed by atoms with Crippen molar-refractivity contribution in [3.63, 3.8) is 0 Å². The highest BCUT2D eigenvalue weighted by molar-refractivity contribution is 5.97. The molecule has 2 fully saturated rings. The van der Waals surface area contributed by atoms with Crippen LogP contribution in [0.2, 0.25) is 0 Å². The van der Waals surface area contributed by atoms with Gasteiger partial charge in [0, 0.05) is 45.0 Å². The molecule has 7 nitrogen and oxygen atoms in total. The number of piperidine rings is 1. The van der Waals surface area contributed by atoms with Crippen molar-refractivity contribution in [2.75, 3.05) is 57.4 Å². The van der Waals surface area contributed by atoms with E-state index in [2.05, 4.69) is 4.90 Å². The molecule has 160 valence electrons. The van der Waals surface area contributed by atoms with E-state index < -0.39 is 6.10 Å². The average Bonchev–Trinajstić information content (AvgIpc) is 2.77. The molecule has 1 aromatic rings. The Balaban J connectivity index is 1.49. The van der Waals surface area contributed by atoms with Crippen LogP contribution in [-0.2, 0) is 19.1 Å². The molecular weight excluding hydrogens is 370 g/mol. The largest absolute Gasteiger partial charge is 0.379 e. The Morgan fingerprint density at radius 3 is 2.52 bits per heavy atom. The second-order valence-electron chi connectivity index (χ2n) is 7.55. The summed E-state index contributed by atoms with van der Waals surface area (Å²) in [6, 6.07) is 9.78. The van der Waals surface area contributed by atoms with Gasteiger partial charge in [-0.15, -0.1) is 0 Å². The number of hydrogen-bond acceptors (Lipinski definition) is 5. The number of ether oxygens (including phenoxy) is 2. The van der Waals surface area contributed by atoms with Gasteiger partial charge in [-0.25, -0.2) is 0 Å². The summed E-state index contributed by atoms with van der Waals surface area (Å²) in [7, 11) is 0. The zero-order valence-corrected chi connectivity index (χ0v) is 17.6. The number of rotatable bonds is 8. The highest BCUT2D eigenvalue weighted by Gasteiger charge is 2.36. The summed E-state index contributed by atoms with van der Waals surface area (Å²) >= 11 is 0. The summed E-state index contributed by atoms with van der Waals surface area (Å²) in [6.45, 7) is 8.78. The minimum atomic E-state index is -0.466. The van der Waals surface area contributed by atoms with E-state index in [0.29, 0.717) is 32.9 Å². The SMILES string of the molecule is CCOCCOC(C)C(=O)N1CCN(C2CCCN(c3ccccc3)C2=O)CC1. The number of hydrogen-bond donors (Lipinski definition) is 0. The van der Waals surface area contributed by atoms with Gasteiger partial charge in [0.2, 0.25) is 5.91 Å². The van der Waals surface area contributed by atoms with Gasteiger partial charge in [0.1, 0.15) is 6.10 Å². The molecule has 0 spiro atoms. The maximum atomic E-state index is 13.1. The third kappa shape index (κ3) is 5.56. The summed E-state index contributed by atoms with van der Waals surface area (Å²) in [6.07, 6.45) is 1.41. The predicted octanol–water partition coefficient (Wildman–Crippen LogP) is 1.77. The van der Waals surface area contributed by atoms with Crippen LogP contribution in [0.25, 0.3) is 0 Å². The molecule has 1 aromatic carbocycles. The van der Waals surface area contributed by atoms with E-state index >= 15 is 0 Å². The zero-order chi connectivity index (χ0) is 20.6. The van der Waals surface area contributed by atoms with Crippen LogP contribution in [0, 0.1) is 0 Å². The molecular formula is C22H33N3O4. The lowest BCUT2D eigenvalue weighted by molar-refractivity contribution is -0.146. The Hall–Kier alpha value is -1.96. The summed E-state index contributed by atoms with van der Waals surface area (Å²) in [5.74, 6) is 0.192. The first-order valence-corrected chi connectivity index (χ1v) is 10.7. The summed E-state index contributed by atoms with van der Waals surface area (Å²) in [5, 5.41) is 0. The Bertz CT molecular complexity index is 661. The van der Waals surface area contributed by atoms with Crippen LogP contribution >= 0.6 is 0 Å². The molecule has 3 rings (SSSR count). The molecule has 0 saturated carbocycles. The molecule has 2 heterocycles. The number of para-hydroxylation sites is 1. The molecule has 2 unspecified atom stereocenters. The highest BCUT2D eigenvalue weighted by atomic mass is 16.5. The minimum absolute atomic E-state index is 0.0158. The van der Waals surface area contributed by atoms with E-state index in [1.54, 1.807) is 6.92 Å². The molecule has 0 bridgehead atoms. The number of amides is 2. The number of anilines is 1. The zero-order valence-electron chi connectivity index (χ0n) is 17.6. The lowest BCUT2D eigenvalue weighted by atomic mass is 10.0. The van der Waals surface area contributed by atoms with E-state index in [9.17, 15) is 9.59 Å². The summed E-state index contributed by atoms with van der Waals surface area (Å²) in [5.41, 5.74) is 0.967. The first-order chi connectivity index (χ1) is 14.1. The van der Waals surface area contributed by atoms with Gasteiger partial charge < -0.3 is 19.3 Å². The number of carbonyl (C=O) groups is 2. The second kappa shape index (κ2) is 10.7. The van der Waals surface area contributed by atoms with E-state index in [-0.39, 0.29) is 17.9 Å². The standard InChI is InChI=1S/C22H33N3O4/c1-3-28-16-17-29-18(2)21(26)24-14-12-23(13-15-24)20-10-7-11-25(22(20)27)19-8-5-4-6-9-19/h4-6,8-9,18,20H,3,7,10-17H2,1-2H3. The Labute approximate surface area is 173 Å². The van der Waals surface area contributed by atoms with Crippen molar-refractivity contribution >= 4 is 17.5 Å². The molecule has 2 amide bonds. The number of piperazine rings is 1. The maximum absolute atomic E-state index is 13.1. The van der Waals surface area contributed by atoms with Gasteiger partial charge in [-0.05, 0) is 38.8 Å². The van der Waals surface area contributed by atoms with Crippen LogP contribution in [0.1, 0.15) is 26.7 Å². The third-order valence-corrected chi connectivity index (χ3v) is 5.69. The van der Waals surface area contributed by atoms with Gasteiger partial charge in [-0.2, -0.15) is 0 Å². The molecule has 29 heavy (non-hydrogen) atoms. The van der Waals surface area contributed by atoms with Crippen LogP contribution in [0.3, 0.4) is 0 Å². The Morgan fingerprint density at radius 1 is 1.10 bits per heavy atom. The normalized spacial score (nSPS) is 22.0. The van der Waals surface area contributed by atoms with Crippen molar-refractivity contribution in [2.45, 2.75) is 38.8 Å². The van der Waals surface area contributed by atoms with Crippen LogP contribution in [-0.4, -0.2) is 86.3 Å². The molecule has 2 aliphatic rings. The summed E-state index contributed by atoms with van der Waals surface area (Å²) < 4.78 is 10.8. The van der Waals surface area contributed by atoms with Crippen molar-refractivity contribution in [1.82, 2.24) is 9.80 Å². The lowest BCUT2D eigenvalue weighted by Crippen LogP contribution is -2.59. The van der Waals surface area contributed by atoms with Crippen LogP contribution in [0.4, 0.5) is 5.69 Å². The third-order valence-electron chi connectivity index (χ3n) is 5.69. The molecule has 0 radical (unpaired) electrons. The average molecular weight is 404 g/mol. The van der Waals surface area contributed by atoms with Gasteiger partial charge in [-0.1, -0.05) is 18.2 Å². The van der Waals surface area contributed by atoms with Gasteiger partial charge in [-0.3, -0.25) is 14.5 Å². The molecule has 0 N–H and O–H groups in total. The molecule has 2 aliphatic heterocycles. The monoisotopic (exact) mass is 403 g/mol. The van der Waals surface area contributed by atoms with Crippen molar-refractivity contribution in [2.24, 2.45) is 0 Å². The van der Waals surface area contributed by atoms with Gasteiger partial charge in [0.05, 0.1) is 19.3 Å². The Morgan fingerprint density at radius 2 is 1.83 bits per heavy atom. The fourth-order valence-corrected chi connectivity index (χ4v) is 4.07. The van der Waals surface area contributed by atoms with Gasteiger partial charge in [0.25, 0.3) is 5.91 Å². The smallest absolute Gasteiger partial charge is 0.251 e. The van der Waals surface area contributed by atoms with E-state index in [1.165, 1.54) is 0 Å². The minimum Gasteiger partial charge on any atom is -0.379 e. The highest BCUT2D eigenvalue weighted by Crippen LogP contribution is 2.24. The van der Waals surface area contributed by atoms with Crippen molar-refractivity contribution in [3.8, 4) is 0 Å².